The van der Waals surface area contributed by atoms with Crippen molar-refractivity contribution < 1.29 is 9.90 Å². The molecule has 4 heteroatoms. The highest BCUT2D eigenvalue weighted by Crippen LogP contribution is 2.25. The van der Waals surface area contributed by atoms with E-state index >= 15 is 0 Å². The fourth-order valence-electron chi connectivity index (χ4n) is 2.03. The molecule has 0 saturated heterocycles. The van der Waals surface area contributed by atoms with Gasteiger partial charge in [0.25, 0.3) is 0 Å². The molecule has 0 aliphatic rings. The maximum atomic E-state index is 10.9. The maximum absolute atomic E-state index is 10.9. The largest absolute Gasteiger partial charge is 0.476 e. The molecule has 0 bridgehead atoms. The zero-order chi connectivity index (χ0) is 13.4. The molecular weight excluding hydrogens is 228 g/mol. The molecule has 1 N–H and O–H groups in total. The quantitative estimate of drug-likeness (QED) is 0.883. The molecule has 0 saturated carbocycles. The molecule has 1 heterocycles. The van der Waals surface area contributed by atoms with Crippen molar-refractivity contribution in [2.75, 3.05) is 0 Å². The van der Waals surface area contributed by atoms with Gasteiger partial charge in [-0.25, -0.2) is 4.79 Å². The molecule has 0 aliphatic carbocycles. The van der Waals surface area contributed by atoms with Crippen LogP contribution >= 0.6 is 0 Å². The van der Waals surface area contributed by atoms with E-state index in [-0.39, 0.29) is 5.69 Å². The number of carboxylic acids is 1. The lowest BCUT2D eigenvalue weighted by Gasteiger charge is -2.09. The number of carbonyl (C=O) groups is 1. The summed E-state index contributed by atoms with van der Waals surface area (Å²) in [5.41, 5.74) is 5.55. The second-order valence-corrected chi connectivity index (χ2v) is 4.58. The fourth-order valence-corrected chi connectivity index (χ4v) is 2.03. The van der Waals surface area contributed by atoms with E-state index in [1.54, 1.807) is 17.8 Å². The van der Waals surface area contributed by atoms with Crippen molar-refractivity contribution in [2.24, 2.45) is 7.05 Å². The van der Waals surface area contributed by atoms with E-state index in [2.05, 4.69) is 38.0 Å². The Bertz CT molecular complexity index is 604. The van der Waals surface area contributed by atoms with Crippen LogP contribution in [0.25, 0.3) is 11.3 Å². The molecule has 2 aromatic rings. The number of hydrogen-bond donors (Lipinski definition) is 1. The summed E-state index contributed by atoms with van der Waals surface area (Å²) in [7, 11) is 1.76. The van der Waals surface area contributed by atoms with Gasteiger partial charge in [-0.3, -0.25) is 4.68 Å². The van der Waals surface area contributed by atoms with Crippen LogP contribution in [0.1, 0.15) is 27.2 Å². The number of aryl methyl sites for hydroxylation is 3. The van der Waals surface area contributed by atoms with Crippen LogP contribution < -0.4 is 0 Å². The molecule has 1 aromatic carbocycles. The summed E-state index contributed by atoms with van der Waals surface area (Å²) in [5.74, 6) is -1.00. The highest BCUT2D eigenvalue weighted by molar-refractivity contribution is 5.87. The van der Waals surface area contributed by atoms with E-state index in [4.69, 9.17) is 5.11 Å². The molecule has 1 aromatic heterocycles. The van der Waals surface area contributed by atoms with Crippen LogP contribution in [0.2, 0.25) is 0 Å². The normalized spacial score (nSPS) is 10.7. The molecule has 0 aliphatic heterocycles. The molecule has 2 rings (SSSR count). The summed E-state index contributed by atoms with van der Waals surface area (Å²) in [4.78, 5) is 10.9. The molecule has 0 fully saturated rings. The van der Waals surface area contributed by atoms with Crippen LogP contribution in [0, 0.1) is 20.8 Å². The number of nitrogens with zero attached hydrogens (tertiary/aromatic N) is 2. The number of carboxylic acid groups (broad SMARTS) is 1. The van der Waals surface area contributed by atoms with Gasteiger partial charge in [0.1, 0.15) is 0 Å². The van der Waals surface area contributed by atoms with Gasteiger partial charge in [0.05, 0.1) is 5.69 Å². The summed E-state index contributed by atoms with van der Waals surface area (Å²) in [5, 5.41) is 12.9. The van der Waals surface area contributed by atoms with Gasteiger partial charge in [-0.1, -0.05) is 0 Å². The average molecular weight is 244 g/mol. The van der Waals surface area contributed by atoms with Crippen molar-refractivity contribution in [3.8, 4) is 11.3 Å². The summed E-state index contributed by atoms with van der Waals surface area (Å²) >= 11 is 0. The first-order valence-corrected chi connectivity index (χ1v) is 5.75. The van der Waals surface area contributed by atoms with Crippen LogP contribution in [0.15, 0.2) is 18.2 Å². The van der Waals surface area contributed by atoms with Gasteiger partial charge in [0.2, 0.25) is 0 Å². The van der Waals surface area contributed by atoms with Gasteiger partial charge in [-0.05, 0) is 55.7 Å². The van der Waals surface area contributed by atoms with Gasteiger partial charge in [-0.2, -0.15) is 5.10 Å². The number of aromatic carboxylic acids is 1. The van der Waals surface area contributed by atoms with Gasteiger partial charge >= 0.3 is 5.97 Å². The average Bonchev–Trinajstić information content (AvgIpc) is 2.68. The van der Waals surface area contributed by atoms with Crippen LogP contribution in [0.5, 0.6) is 0 Å². The number of hydrogen-bond acceptors (Lipinski definition) is 2. The molecule has 4 nitrogen and oxygen atoms in total. The minimum Gasteiger partial charge on any atom is -0.476 e. The van der Waals surface area contributed by atoms with Crippen LogP contribution in [-0.4, -0.2) is 20.9 Å². The number of benzene rings is 1. The highest BCUT2D eigenvalue weighted by Gasteiger charge is 2.13. The first kappa shape index (κ1) is 12.4. The van der Waals surface area contributed by atoms with Crippen molar-refractivity contribution in [1.29, 1.82) is 0 Å². The standard InChI is InChI=1S/C14H16N2O2/c1-8-5-11(6-9(2)10(8)3)13-7-12(14(17)18)15-16(13)4/h5-7H,1-4H3,(H,17,18). The Morgan fingerprint density at radius 3 is 2.17 bits per heavy atom. The molecule has 18 heavy (non-hydrogen) atoms. The lowest BCUT2D eigenvalue weighted by atomic mass is 9.99. The van der Waals surface area contributed by atoms with Crippen molar-refractivity contribution in [3.63, 3.8) is 0 Å². The molecular formula is C14H16N2O2. The molecule has 0 atom stereocenters. The van der Waals surface area contributed by atoms with Crippen molar-refractivity contribution in [2.45, 2.75) is 20.8 Å². The minimum absolute atomic E-state index is 0.0726. The van der Waals surface area contributed by atoms with E-state index in [9.17, 15) is 4.79 Å². The van der Waals surface area contributed by atoms with Crippen LogP contribution in [0.4, 0.5) is 0 Å². The fraction of sp³-hybridized carbons (Fsp3) is 0.286. The predicted octanol–water partition coefficient (Wildman–Crippen LogP) is 2.71. The van der Waals surface area contributed by atoms with E-state index < -0.39 is 5.97 Å². The van der Waals surface area contributed by atoms with Crippen LogP contribution in [-0.2, 0) is 7.05 Å². The molecule has 0 unspecified atom stereocenters. The van der Waals surface area contributed by atoms with E-state index in [0.29, 0.717) is 0 Å². The summed E-state index contributed by atoms with van der Waals surface area (Å²) < 4.78 is 1.60. The first-order valence-electron chi connectivity index (χ1n) is 5.75. The Labute approximate surface area is 106 Å². The Balaban J connectivity index is 2.58. The second kappa shape index (κ2) is 4.29. The maximum Gasteiger partial charge on any atom is 0.356 e. The van der Waals surface area contributed by atoms with Crippen LogP contribution in [0.3, 0.4) is 0 Å². The third-order valence-corrected chi connectivity index (χ3v) is 3.32. The topological polar surface area (TPSA) is 55.1 Å². The Hall–Kier alpha value is -2.10. The molecule has 0 amide bonds. The molecule has 0 radical (unpaired) electrons. The highest BCUT2D eigenvalue weighted by atomic mass is 16.4. The second-order valence-electron chi connectivity index (χ2n) is 4.58. The summed E-state index contributed by atoms with van der Waals surface area (Å²) in [6.07, 6.45) is 0. The molecule has 94 valence electrons. The minimum atomic E-state index is -1.00. The molecule has 0 spiro atoms. The van der Waals surface area contributed by atoms with Crippen molar-refractivity contribution in [1.82, 2.24) is 9.78 Å². The van der Waals surface area contributed by atoms with E-state index in [0.717, 1.165) is 11.3 Å². The Kier molecular flexibility index (Phi) is 2.95. The smallest absolute Gasteiger partial charge is 0.356 e. The summed E-state index contributed by atoms with van der Waals surface area (Å²) in [6.45, 7) is 6.20. The number of rotatable bonds is 2. The lowest BCUT2D eigenvalue weighted by Crippen LogP contribution is -1.99. The first-order chi connectivity index (χ1) is 8.40. The summed E-state index contributed by atoms with van der Waals surface area (Å²) in [6, 6.07) is 5.72. The zero-order valence-electron chi connectivity index (χ0n) is 11.0. The van der Waals surface area contributed by atoms with Crippen molar-refractivity contribution >= 4 is 5.97 Å². The van der Waals surface area contributed by atoms with E-state index in [1.807, 2.05) is 0 Å². The van der Waals surface area contributed by atoms with Gasteiger partial charge < -0.3 is 5.11 Å². The SMILES string of the molecule is Cc1cc(-c2cc(C(=O)O)nn2C)cc(C)c1C. The van der Waals surface area contributed by atoms with Gasteiger partial charge in [-0.15, -0.1) is 0 Å². The zero-order valence-corrected chi connectivity index (χ0v) is 11.0. The Morgan fingerprint density at radius 2 is 1.72 bits per heavy atom. The van der Waals surface area contributed by atoms with Crippen molar-refractivity contribution in [3.05, 3.63) is 40.6 Å². The Morgan fingerprint density at radius 1 is 1.17 bits per heavy atom. The predicted molar refractivity (Wildman–Crippen MR) is 69.8 cm³/mol. The number of aromatic nitrogens is 2. The monoisotopic (exact) mass is 244 g/mol. The third-order valence-electron chi connectivity index (χ3n) is 3.32. The van der Waals surface area contributed by atoms with Gasteiger partial charge in [0, 0.05) is 12.6 Å². The van der Waals surface area contributed by atoms with E-state index in [1.165, 1.54) is 16.7 Å². The lowest BCUT2D eigenvalue weighted by molar-refractivity contribution is 0.0689. The van der Waals surface area contributed by atoms with Gasteiger partial charge in [0.15, 0.2) is 5.69 Å². The third kappa shape index (κ3) is 2.01.